The van der Waals surface area contributed by atoms with E-state index in [9.17, 15) is 0 Å². The van der Waals surface area contributed by atoms with Gasteiger partial charge < -0.3 is 9.13 Å². The summed E-state index contributed by atoms with van der Waals surface area (Å²) < 4.78 is 6.90. The second-order valence-corrected chi connectivity index (χ2v) is 13.3. The molecule has 0 atom stereocenters. The first-order valence-corrected chi connectivity index (χ1v) is 17.8. The quantitative estimate of drug-likeness (QED) is 0.182. The van der Waals surface area contributed by atoms with Crippen molar-refractivity contribution in [3.05, 3.63) is 182 Å². The molecule has 0 unspecified atom stereocenters. The minimum atomic E-state index is 0.573. The number of aromatic nitrogens is 6. The highest BCUT2D eigenvalue weighted by molar-refractivity contribution is 6.27. The van der Waals surface area contributed by atoms with E-state index < -0.39 is 0 Å². The summed E-state index contributed by atoms with van der Waals surface area (Å²) in [6.07, 6.45) is 2.15. The normalized spacial score (nSPS) is 11.8. The van der Waals surface area contributed by atoms with Crippen molar-refractivity contribution < 1.29 is 0 Å². The molecule has 4 heterocycles. The Balaban J connectivity index is 1.32. The molecule has 11 rings (SSSR count). The molecule has 7 aromatic carbocycles. The van der Waals surface area contributed by atoms with Crippen LogP contribution in [-0.2, 0) is 0 Å². The van der Waals surface area contributed by atoms with Crippen molar-refractivity contribution in [3.63, 3.8) is 0 Å². The zero-order valence-electron chi connectivity index (χ0n) is 28.5. The molecular weight excluding hydrogens is 649 g/mol. The zero-order valence-corrected chi connectivity index (χ0v) is 28.5. The molecule has 11 aromatic rings. The second-order valence-electron chi connectivity index (χ2n) is 13.3. The molecule has 0 fully saturated rings. The average molecular weight is 679 g/mol. The predicted octanol–water partition coefficient (Wildman–Crippen LogP) is 11.3. The van der Waals surface area contributed by atoms with Crippen LogP contribution in [0.1, 0.15) is 0 Å². The van der Waals surface area contributed by atoms with Crippen LogP contribution < -0.4 is 0 Å². The van der Waals surface area contributed by atoms with E-state index in [1.807, 2.05) is 36.4 Å². The molecule has 53 heavy (non-hydrogen) atoms. The summed E-state index contributed by atoms with van der Waals surface area (Å²) in [6.45, 7) is 0. The summed E-state index contributed by atoms with van der Waals surface area (Å²) in [7, 11) is 0. The Labute approximate surface area is 304 Å². The van der Waals surface area contributed by atoms with Crippen molar-refractivity contribution in [2.75, 3.05) is 0 Å². The summed E-state index contributed by atoms with van der Waals surface area (Å²) in [5.41, 5.74) is 9.59. The van der Waals surface area contributed by atoms with Gasteiger partial charge in [0, 0.05) is 55.6 Å². The monoisotopic (exact) mass is 678 g/mol. The summed E-state index contributed by atoms with van der Waals surface area (Å²) in [4.78, 5) is 15.6. The Morgan fingerprint density at radius 1 is 0.377 bits per heavy atom. The third-order valence-corrected chi connectivity index (χ3v) is 10.3. The van der Waals surface area contributed by atoms with Gasteiger partial charge in [0.2, 0.25) is 5.95 Å². The van der Waals surface area contributed by atoms with Crippen LogP contribution in [0.4, 0.5) is 0 Å². The van der Waals surface area contributed by atoms with E-state index in [4.69, 9.17) is 15.0 Å². The van der Waals surface area contributed by atoms with Gasteiger partial charge in [-0.25, -0.2) is 4.98 Å². The van der Waals surface area contributed by atoms with E-state index in [0.29, 0.717) is 17.6 Å². The van der Waals surface area contributed by atoms with Crippen LogP contribution in [0.5, 0.6) is 0 Å². The topological polar surface area (TPSA) is 53.5 Å². The van der Waals surface area contributed by atoms with Gasteiger partial charge in [0.1, 0.15) is 0 Å². The average Bonchev–Trinajstić information content (AvgIpc) is 3.91. The lowest BCUT2D eigenvalue weighted by Crippen LogP contribution is -2.06. The Morgan fingerprint density at radius 2 is 0.981 bits per heavy atom. The molecule has 0 aliphatic rings. The minimum absolute atomic E-state index is 0.573. The number of fused-ring (bicyclic) bond motifs is 8. The predicted molar refractivity (Wildman–Crippen MR) is 216 cm³/mol. The van der Waals surface area contributed by atoms with E-state index in [0.717, 1.165) is 71.6 Å². The largest absolute Gasteiger partial charge is 0.317 e. The molecule has 0 bridgehead atoms. The summed E-state index contributed by atoms with van der Waals surface area (Å²) >= 11 is 0. The maximum absolute atomic E-state index is 5.29. The van der Waals surface area contributed by atoms with Gasteiger partial charge in [-0.2, -0.15) is 9.97 Å². The van der Waals surface area contributed by atoms with Crippen molar-refractivity contribution in [1.82, 2.24) is 28.7 Å². The molecule has 0 radical (unpaired) electrons. The minimum Gasteiger partial charge on any atom is -0.317 e. The molecule has 0 saturated heterocycles. The molecule has 0 saturated carbocycles. The number of hydrogen-bond donors (Lipinski definition) is 0. The van der Waals surface area contributed by atoms with Gasteiger partial charge in [0.25, 0.3) is 0 Å². The maximum Gasteiger partial charge on any atom is 0.238 e. The third kappa shape index (κ3) is 4.56. The number of benzene rings is 7. The van der Waals surface area contributed by atoms with Gasteiger partial charge in [-0.05, 0) is 54.6 Å². The fraction of sp³-hybridized carbons (Fsp3) is 0. The Bertz CT molecular complexity index is 3080. The molecule has 248 valence electrons. The van der Waals surface area contributed by atoms with Crippen LogP contribution in [0.15, 0.2) is 182 Å². The summed E-state index contributed by atoms with van der Waals surface area (Å²) in [5, 5.41) is 5.71. The van der Waals surface area contributed by atoms with Crippen molar-refractivity contribution in [3.8, 4) is 40.1 Å². The van der Waals surface area contributed by atoms with Crippen LogP contribution >= 0.6 is 0 Å². The number of rotatable bonds is 5. The number of hydrogen-bond acceptors (Lipinski definition) is 3. The van der Waals surface area contributed by atoms with Crippen LogP contribution in [0.2, 0.25) is 0 Å². The van der Waals surface area contributed by atoms with Gasteiger partial charge >= 0.3 is 0 Å². The van der Waals surface area contributed by atoms with Crippen molar-refractivity contribution in [2.45, 2.75) is 0 Å². The Kier molecular flexibility index (Phi) is 6.45. The molecule has 0 N–H and O–H groups in total. The van der Waals surface area contributed by atoms with E-state index in [1.54, 1.807) is 0 Å². The fourth-order valence-electron chi connectivity index (χ4n) is 7.96. The zero-order chi connectivity index (χ0) is 34.9. The molecular formula is C47H30N6. The van der Waals surface area contributed by atoms with Gasteiger partial charge in [0.05, 0.1) is 27.6 Å². The lowest BCUT2D eigenvalue weighted by molar-refractivity contribution is 0.955. The van der Waals surface area contributed by atoms with Gasteiger partial charge in [-0.3, -0.25) is 4.57 Å². The third-order valence-electron chi connectivity index (χ3n) is 10.3. The first kappa shape index (κ1) is 29.4. The molecule has 6 nitrogen and oxygen atoms in total. The van der Waals surface area contributed by atoms with E-state index in [-0.39, 0.29) is 0 Å². The molecule has 0 aliphatic carbocycles. The molecule has 0 amide bonds. The number of nitrogens with zero attached hydrogens (tertiary/aromatic N) is 6. The standard InChI is InChI=1S/C47H30N6/c1-5-15-31(16-6-1)45-48-46(32-17-7-2-8-18-32)50-47(49-45)53-42-29-33-27-28-51(34-19-9-3-10-20-34)41(33)30-38(42)36-25-26-40-43(44(36)53)37-23-13-14-24-39(37)52(40)35-21-11-4-12-22-35/h1-30H. The summed E-state index contributed by atoms with van der Waals surface area (Å²) in [6, 6.07) is 61.5. The highest BCUT2D eigenvalue weighted by Crippen LogP contribution is 2.43. The maximum atomic E-state index is 5.29. The van der Waals surface area contributed by atoms with Gasteiger partial charge in [-0.1, -0.05) is 121 Å². The second kappa shape index (κ2) is 11.6. The van der Waals surface area contributed by atoms with Crippen LogP contribution in [0.25, 0.3) is 94.6 Å². The summed E-state index contributed by atoms with van der Waals surface area (Å²) in [5.74, 6) is 1.82. The number of para-hydroxylation sites is 3. The van der Waals surface area contributed by atoms with E-state index >= 15 is 0 Å². The van der Waals surface area contributed by atoms with Gasteiger partial charge in [0.15, 0.2) is 11.6 Å². The Morgan fingerprint density at radius 3 is 1.66 bits per heavy atom. The van der Waals surface area contributed by atoms with E-state index in [2.05, 4.69) is 159 Å². The highest BCUT2D eigenvalue weighted by atomic mass is 15.2. The highest BCUT2D eigenvalue weighted by Gasteiger charge is 2.24. The van der Waals surface area contributed by atoms with Crippen LogP contribution in [0, 0.1) is 0 Å². The molecule has 4 aromatic heterocycles. The van der Waals surface area contributed by atoms with Crippen molar-refractivity contribution in [1.29, 1.82) is 0 Å². The first-order chi connectivity index (χ1) is 26.3. The van der Waals surface area contributed by atoms with Crippen LogP contribution in [-0.4, -0.2) is 28.7 Å². The first-order valence-electron chi connectivity index (χ1n) is 17.8. The molecule has 0 aliphatic heterocycles. The van der Waals surface area contributed by atoms with Crippen LogP contribution in [0.3, 0.4) is 0 Å². The molecule has 0 spiro atoms. The van der Waals surface area contributed by atoms with E-state index in [1.165, 1.54) is 5.39 Å². The lowest BCUT2D eigenvalue weighted by atomic mass is 10.1. The lowest BCUT2D eigenvalue weighted by Gasteiger charge is -2.12. The van der Waals surface area contributed by atoms with Gasteiger partial charge in [-0.15, -0.1) is 0 Å². The fourth-order valence-corrected chi connectivity index (χ4v) is 7.96. The molecule has 6 heteroatoms. The SMILES string of the molecule is c1ccc(-c2nc(-c3ccccc3)nc(-n3c4cc5ccn(-c6ccccc6)c5cc4c4ccc5c(c6ccccc6n5-c5ccccc5)c43)n2)cc1. The Hall–Kier alpha value is -7.31. The van der Waals surface area contributed by atoms with Crippen molar-refractivity contribution in [2.24, 2.45) is 0 Å². The van der Waals surface area contributed by atoms with Crippen molar-refractivity contribution >= 4 is 54.5 Å². The smallest absolute Gasteiger partial charge is 0.238 e.